The smallest absolute Gasteiger partial charge is 0.00184 e. The molecule has 0 aromatic carbocycles. The molecule has 1 aliphatic rings. The van der Waals surface area contributed by atoms with Crippen LogP contribution in [0.4, 0.5) is 0 Å². The summed E-state index contributed by atoms with van der Waals surface area (Å²) in [6.07, 6.45) is 5.72. The Morgan fingerprint density at radius 3 is 2.64 bits per heavy atom. The lowest BCUT2D eigenvalue weighted by Crippen LogP contribution is -2.34. The summed E-state index contributed by atoms with van der Waals surface area (Å²) in [5.74, 6) is 0.904. The SMILES string of the molecule is CNCC1CCCCC1(C)C. The molecule has 1 aliphatic carbocycles. The van der Waals surface area contributed by atoms with Crippen LogP contribution in [0, 0.1) is 11.3 Å². The third-order valence-corrected chi connectivity index (χ3v) is 3.18. The van der Waals surface area contributed by atoms with E-state index in [2.05, 4.69) is 26.2 Å². The van der Waals surface area contributed by atoms with Crippen molar-refractivity contribution in [2.45, 2.75) is 39.5 Å². The zero-order chi connectivity index (χ0) is 8.32. The minimum Gasteiger partial charge on any atom is -0.319 e. The van der Waals surface area contributed by atoms with Crippen LogP contribution in [-0.4, -0.2) is 13.6 Å². The summed E-state index contributed by atoms with van der Waals surface area (Å²) in [7, 11) is 2.06. The van der Waals surface area contributed by atoms with Gasteiger partial charge < -0.3 is 5.32 Å². The van der Waals surface area contributed by atoms with E-state index in [9.17, 15) is 0 Å². The van der Waals surface area contributed by atoms with Gasteiger partial charge in [0.05, 0.1) is 0 Å². The lowest BCUT2D eigenvalue weighted by molar-refractivity contribution is 0.138. The average Bonchev–Trinajstić information content (AvgIpc) is 1.94. The highest BCUT2D eigenvalue weighted by molar-refractivity contribution is 4.83. The van der Waals surface area contributed by atoms with Crippen molar-refractivity contribution in [2.75, 3.05) is 13.6 Å². The van der Waals surface area contributed by atoms with Crippen molar-refractivity contribution >= 4 is 0 Å². The molecule has 1 atom stereocenters. The molecule has 0 spiro atoms. The molecule has 1 rings (SSSR count). The molecule has 0 aromatic rings. The van der Waals surface area contributed by atoms with Crippen molar-refractivity contribution in [1.29, 1.82) is 0 Å². The summed E-state index contributed by atoms with van der Waals surface area (Å²) in [4.78, 5) is 0. The molecule has 0 bridgehead atoms. The maximum Gasteiger partial charge on any atom is -0.00184 e. The van der Waals surface area contributed by atoms with Crippen molar-refractivity contribution in [3.05, 3.63) is 0 Å². The van der Waals surface area contributed by atoms with Crippen LogP contribution in [0.5, 0.6) is 0 Å². The van der Waals surface area contributed by atoms with Gasteiger partial charge in [-0.2, -0.15) is 0 Å². The normalized spacial score (nSPS) is 30.3. The third kappa shape index (κ3) is 2.19. The quantitative estimate of drug-likeness (QED) is 0.646. The minimum absolute atomic E-state index is 0.585. The van der Waals surface area contributed by atoms with Crippen LogP contribution in [0.3, 0.4) is 0 Å². The summed E-state index contributed by atoms with van der Waals surface area (Å²) >= 11 is 0. The molecule has 66 valence electrons. The third-order valence-electron chi connectivity index (χ3n) is 3.18. The van der Waals surface area contributed by atoms with Gasteiger partial charge in [0.15, 0.2) is 0 Å². The van der Waals surface area contributed by atoms with E-state index in [1.165, 1.54) is 32.2 Å². The van der Waals surface area contributed by atoms with Gasteiger partial charge in [0, 0.05) is 0 Å². The first-order valence-corrected chi connectivity index (χ1v) is 4.81. The number of hydrogen-bond donors (Lipinski definition) is 1. The Kier molecular flexibility index (Phi) is 2.94. The predicted molar refractivity (Wildman–Crippen MR) is 49.7 cm³/mol. The molecule has 0 radical (unpaired) electrons. The molecule has 1 heteroatoms. The van der Waals surface area contributed by atoms with Crippen LogP contribution in [0.2, 0.25) is 0 Å². The highest BCUT2D eigenvalue weighted by atomic mass is 14.8. The highest BCUT2D eigenvalue weighted by Crippen LogP contribution is 2.39. The van der Waals surface area contributed by atoms with Gasteiger partial charge in [0.2, 0.25) is 0 Å². The van der Waals surface area contributed by atoms with Crippen LogP contribution in [0.25, 0.3) is 0 Å². The van der Waals surface area contributed by atoms with Gasteiger partial charge in [-0.15, -0.1) is 0 Å². The molecular weight excluding hydrogens is 134 g/mol. The van der Waals surface area contributed by atoms with Crippen LogP contribution < -0.4 is 5.32 Å². The highest BCUT2D eigenvalue weighted by Gasteiger charge is 2.31. The molecule has 1 fully saturated rings. The zero-order valence-corrected chi connectivity index (χ0v) is 8.11. The van der Waals surface area contributed by atoms with Gasteiger partial charge in [-0.25, -0.2) is 0 Å². The average molecular weight is 155 g/mol. The van der Waals surface area contributed by atoms with Crippen molar-refractivity contribution in [3.63, 3.8) is 0 Å². The molecule has 1 unspecified atom stereocenters. The van der Waals surface area contributed by atoms with Gasteiger partial charge >= 0.3 is 0 Å². The van der Waals surface area contributed by atoms with E-state index in [0.29, 0.717) is 5.41 Å². The van der Waals surface area contributed by atoms with Crippen molar-refractivity contribution in [2.24, 2.45) is 11.3 Å². The minimum atomic E-state index is 0.585. The van der Waals surface area contributed by atoms with Crippen molar-refractivity contribution in [1.82, 2.24) is 5.32 Å². The van der Waals surface area contributed by atoms with Gasteiger partial charge in [0.1, 0.15) is 0 Å². The summed E-state index contributed by atoms with van der Waals surface area (Å²) in [5.41, 5.74) is 0.585. The molecular formula is C10H21N. The Morgan fingerprint density at radius 1 is 1.36 bits per heavy atom. The Labute approximate surface area is 70.6 Å². The van der Waals surface area contributed by atoms with E-state index in [0.717, 1.165) is 5.92 Å². The molecule has 0 saturated heterocycles. The topological polar surface area (TPSA) is 12.0 Å². The first-order chi connectivity index (χ1) is 5.17. The molecule has 0 heterocycles. The molecule has 1 nitrogen and oxygen atoms in total. The molecule has 1 N–H and O–H groups in total. The number of rotatable bonds is 2. The number of nitrogens with one attached hydrogen (secondary N) is 1. The Hall–Kier alpha value is -0.0400. The second-order valence-electron chi connectivity index (χ2n) is 4.49. The van der Waals surface area contributed by atoms with Crippen LogP contribution in [0.1, 0.15) is 39.5 Å². The van der Waals surface area contributed by atoms with Crippen LogP contribution >= 0.6 is 0 Å². The fourth-order valence-corrected chi connectivity index (χ4v) is 2.19. The maximum absolute atomic E-state index is 3.29. The molecule has 11 heavy (non-hydrogen) atoms. The van der Waals surface area contributed by atoms with Crippen LogP contribution in [-0.2, 0) is 0 Å². The second kappa shape index (κ2) is 3.57. The van der Waals surface area contributed by atoms with Gasteiger partial charge in [0.25, 0.3) is 0 Å². The first-order valence-electron chi connectivity index (χ1n) is 4.81. The fourth-order valence-electron chi connectivity index (χ4n) is 2.19. The fraction of sp³-hybridized carbons (Fsp3) is 1.00. The number of hydrogen-bond acceptors (Lipinski definition) is 1. The predicted octanol–water partition coefficient (Wildman–Crippen LogP) is 2.42. The summed E-state index contributed by atoms with van der Waals surface area (Å²) < 4.78 is 0. The Bertz CT molecular complexity index is 116. The monoisotopic (exact) mass is 155 g/mol. The van der Waals surface area contributed by atoms with Crippen LogP contribution in [0.15, 0.2) is 0 Å². The standard InChI is InChI=1S/C10H21N/c1-10(2)7-5-4-6-9(10)8-11-3/h9,11H,4-8H2,1-3H3. The summed E-state index contributed by atoms with van der Waals surface area (Å²) in [6.45, 7) is 6.02. The van der Waals surface area contributed by atoms with E-state index in [-0.39, 0.29) is 0 Å². The zero-order valence-electron chi connectivity index (χ0n) is 8.11. The van der Waals surface area contributed by atoms with Gasteiger partial charge in [-0.3, -0.25) is 0 Å². The van der Waals surface area contributed by atoms with Gasteiger partial charge in [-0.1, -0.05) is 26.7 Å². The second-order valence-corrected chi connectivity index (χ2v) is 4.49. The largest absolute Gasteiger partial charge is 0.319 e. The lowest BCUT2D eigenvalue weighted by atomic mass is 9.69. The molecule has 0 aliphatic heterocycles. The summed E-state index contributed by atoms with van der Waals surface area (Å²) in [6, 6.07) is 0. The van der Waals surface area contributed by atoms with E-state index in [1.807, 2.05) is 0 Å². The lowest BCUT2D eigenvalue weighted by Gasteiger charge is -2.38. The van der Waals surface area contributed by atoms with Crippen molar-refractivity contribution < 1.29 is 0 Å². The van der Waals surface area contributed by atoms with Crippen molar-refractivity contribution in [3.8, 4) is 0 Å². The molecule has 0 aromatic heterocycles. The van der Waals surface area contributed by atoms with E-state index in [1.54, 1.807) is 0 Å². The Morgan fingerprint density at radius 2 is 2.09 bits per heavy atom. The molecule has 0 amide bonds. The first kappa shape index (κ1) is 9.05. The van der Waals surface area contributed by atoms with Gasteiger partial charge in [-0.05, 0) is 37.8 Å². The van der Waals surface area contributed by atoms with E-state index < -0.39 is 0 Å². The summed E-state index contributed by atoms with van der Waals surface area (Å²) in [5, 5.41) is 3.29. The van der Waals surface area contributed by atoms with E-state index in [4.69, 9.17) is 0 Å². The Balaban J connectivity index is 2.45. The van der Waals surface area contributed by atoms with E-state index >= 15 is 0 Å². The molecule has 1 saturated carbocycles. The maximum atomic E-state index is 3.29.